The second kappa shape index (κ2) is 10.1. The van der Waals surface area contributed by atoms with Gasteiger partial charge in [0.25, 0.3) is 0 Å². The molecule has 0 fully saturated rings. The van der Waals surface area contributed by atoms with Gasteiger partial charge in [0.05, 0.1) is 0 Å². The average Bonchev–Trinajstić information content (AvgIpc) is 2.17. The molecule has 0 saturated carbocycles. The van der Waals surface area contributed by atoms with Gasteiger partial charge < -0.3 is 5.53 Å². The number of carbonyl (C=O) groups excluding carboxylic acids is 1. The highest BCUT2D eigenvalue weighted by Crippen LogP contribution is 2.08. The lowest BCUT2D eigenvalue weighted by molar-refractivity contribution is -0.116. The third-order valence-corrected chi connectivity index (χ3v) is 2.23. The van der Waals surface area contributed by atoms with Gasteiger partial charge in [-0.15, -0.1) is 0 Å². The van der Waals surface area contributed by atoms with E-state index < -0.39 is 0 Å². The van der Waals surface area contributed by atoms with Crippen LogP contribution in [-0.2, 0) is 4.79 Å². The Kier molecular flexibility index (Phi) is 9.45. The van der Waals surface area contributed by atoms with Gasteiger partial charge in [0, 0.05) is 6.42 Å². The van der Waals surface area contributed by atoms with E-state index in [1.807, 2.05) is 0 Å². The molecule has 0 aliphatic rings. The van der Waals surface area contributed by atoms with Gasteiger partial charge in [-0.3, -0.25) is 4.79 Å². The summed E-state index contributed by atoms with van der Waals surface area (Å²) in [6.45, 7) is 2.20. The van der Waals surface area contributed by atoms with Crippen molar-refractivity contribution in [2.24, 2.45) is 0 Å². The number of unbranched alkanes of at least 4 members (excludes halogenated alkanes) is 6. The van der Waals surface area contributed by atoms with E-state index in [4.69, 9.17) is 5.53 Å². The Morgan fingerprint density at radius 3 is 2.29 bits per heavy atom. The van der Waals surface area contributed by atoms with Crippen LogP contribution in [0, 0.1) is 0 Å². The van der Waals surface area contributed by atoms with Crippen LogP contribution in [0.3, 0.4) is 0 Å². The van der Waals surface area contributed by atoms with E-state index >= 15 is 0 Å². The summed E-state index contributed by atoms with van der Waals surface area (Å²) in [5.74, 6) is -0.0824. The van der Waals surface area contributed by atoms with Crippen LogP contribution in [0.4, 0.5) is 0 Å². The first-order valence-corrected chi connectivity index (χ1v) is 5.51. The van der Waals surface area contributed by atoms with Crippen LogP contribution < -0.4 is 0 Å². The van der Waals surface area contributed by atoms with Crippen LogP contribution in [0.25, 0.3) is 5.53 Å². The summed E-state index contributed by atoms with van der Waals surface area (Å²) < 4.78 is 0. The van der Waals surface area contributed by atoms with E-state index in [1.54, 1.807) is 0 Å². The highest BCUT2D eigenvalue weighted by Gasteiger charge is 2.01. The normalized spacial score (nSPS) is 9.50. The van der Waals surface area contributed by atoms with E-state index in [0.717, 1.165) is 19.1 Å². The van der Waals surface area contributed by atoms with E-state index in [0.29, 0.717) is 6.42 Å². The van der Waals surface area contributed by atoms with Crippen molar-refractivity contribution in [2.75, 3.05) is 0 Å². The molecule has 0 rings (SSSR count). The molecule has 0 aliphatic carbocycles. The molecule has 0 spiro atoms. The number of carbonyl (C=O) groups is 1. The summed E-state index contributed by atoms with van der Waals surface area (Å²) in [5.41, 5.74) is 8.09. The molecule has 0 aromatic carbocycles. The number of hydrogen-bond acceptors (Lipinski definition) is 1. The fourth-order valence-electron chi connectivity index (χ4n) is 1.39. The second-order valence-corrected chi connectivity index (χ2v) is 3.58. The maximum absolute atomic E-state index is 10.9. The summed E-state index contributed by atoms with van der Waals surface area (Å²) in [5, 5.41) is 0. The van der Waals surface area contributed by atoms with Gasteiger partial charge in [0.1, 0.15) is 0 Å². The number of ketones is 1. The zero-order valence-corrected chi connectivity index (χ0v) is 9.04. The minimum atomic E-state index is -0.0824. The van der Waals surface area contributed by atoms with Gasteiger partial charge >= 0.3 is 6.21 Å². The Hall–Kier alpha value is -0.950. The van der Waals surface area contributed by atoms with Crippen molar-refractivity contribution in [3.05, 3.63) is 5.53 Å². The van der Waals surface area contributed by atoms with Crippen molar-refractivity contribution in [1.82, 2.24) is 0 Å². The molecule has 0 N–H and O–H groups in total. The van der Waals surface area contributed by atoms with Crippen LogP contribution >= 0.6 is 0 Å². The Labute approximate surface area is 86.1 Å². The summed E-state index contributed by atoms with van der Waals surface area (Å²) in [7, 11) is 0. The molecule has 0 radical (unpaired) electrons. The molecule has 3 heteroatoms. The fourth-order valence-corrected chi connectivity index (χ4v) is 1.39. The molecule has 0 amide bonds. The largest absolute Gasteiger partial charge is 0.361 e. The van der Waals surface area contributed by atoms with Gasteiger partial charge in [-0.25, -0.2) is 0 Å². The maximum atomic E-state index is 10.9. The van der Waals surface area contributed by atoms with E-state index in [9.17, 15) is 4.79 Å². The lowest BCUT2D eigenvalue weighted by Crippen LogP contribution is -1.98. The SMILES string of the molecule is CCCCCCCCCC(=O)C=[N+]=[N-]. The van der Waals surface area contributed by atoms with Gasteiger partial charge in [-0.1, -0.05) is 45.4 Å². The molecule has 0 atom stereocenters. The Balaban J connectivity index is 3.13. The highest BCUT2D eigenvalue weighted by atomic mass is 16.1. The van der Waals surface area contributed by atoms with Crippen molar-refractivity contribution in [1.29, 1.82) is 0 Å². The third kappa shape index (κ3) is 9.14. The first-order chi connectivity index (χ1) is 6.81. The Morgan fingerprint density at radius 2 is 1.71 bits per heavy atom. The van der Waals surface area contributed by atoms with E-state index in [2.05, 4.69) is 11.7 Å². The molecule has 3 nitrogen and oxygen atoms in total. The summed E-state index contributed by atoms with van der Waals surface area (Å²) >= 11 is 0. The Morgan fingerprint density at radius 1 is 1.14 bits per heavy atom. The molecular weight excluding hydrogens is 176 g/mol. The number of hydrogen-bond donors (Lipinski definition) is 0. The molecule has 0 saturated heterocycles. The van der Waals surface area contributed by atoms with Crippen LogP contribution in [0.2, 0.25) is 0 Å². The van der Waals surface area contributed by atoms with Crippen molar-refractivity contribution >= 4 is 12.0 Å². The van der Waals surface area contributed by atoms with E-state index in [-0.39, 0.29) is 5.78 Å². The number of Topliss-reactive ketones (excluding diaryl/α,β-unsaturated/α-hetero) is 1. The average molecular weight is 196 g/mol. The van der Waals surface area contributed by atoms with E-state index in [1.165, 1.54) is 32.1 Å². The molecule has 0 aromatic heterocycles. The quantitative estimate of drug-likeness (QED) is 0.242. The van der Waals surface area contributed by atoms with Crippen molar-refractivity contribution in [3.8, 4) is 0 Å². The summed E-state index contributed by atoms with van der Waals surface area (Å²) in [4.78, 5) is 13.6. The van der Waals surface area contributed by atoms with Crippen LogP contribution in [0.15, 0.2) is 0 Å². The minimum Gasteiger partial charge on any atom is -0.361 e. The standard InChI is InChI=1S/C11H20N2O/c1-2-3-4-5-6-7-8-9-11(14)10-13-12/h10H,2-9H2,1H3. The molecule has 0 unspecified atom stereocenters. The number of nitrogens with zero attached hydrogens (tertiary/aromatic N) is 2. The zero-order valence-electron chi connectivity index (χ0n) is 9.04. The zero-order chi connectivity index (χ0) is 10.6. The Bertz CT molecular complexity index is 195. The fraction of sp³-hybridized carbons (Fsp3) is 0.818. The monoisotopic (exact) mass is 196 g/mol. The minimum absolute atomic E-state index is 0.0824. The lowest BCUT2D eigenvalue weighted by atomic mass is 10.1. The smallest absolute Gasteiger partial charge is 0.323 e. The predicted molar refractivity (Wildman–Crippen MR) is 57.3 cm³/mol. The van der Waals surface area contributed by atoms with Gasteiger partial charge in [0.15, 0.2) is 0 Å². The molecule has 80 valence electrons. The van der Waals surface area contributed by atoms with Crippen LogP contribution in [-0.4, -0.2) is 16.8 Å². The molecule has 0 bridgehead atoms. The van der Waals surface area contributed by atoms with Gasteiger partial charge in [0.2, 0.25) is 5.78 Å². The molecule has 14 heavy (non-hydrogen) atoms. The summed E-state index contributed by atoms with van der Waals surface area (Å²) in [6.07, 6.45) is 9.89. The van der Waals surface area contributed by atoms with Crippen molar-refractivity contribution in [3.63, 3.8) is 0 Å². The van der Waals surface area contributed by atoms with Crippen LogP contribution in [0.1, 0.15) is 58.3 Å². The first-order valence-electron chi connectivity index (χ1n) is 5.51. The topological polar surface area (TPSA) is 53.5 Å². The van der Waals surface area contributed by atoms with Crippen LogP contribution in [0.5, 0.6) is 0 Å². The van der Waals surface area contributed by atoms with Gasteiger partial charge in [-0.05, 0) is 6.42 Å². The third-order valence-electron chi connectivity index (χ3n) is 2.23. The number of rotatable bonds is 9. The first kappa shape index (κ1) is 13.1. The summed E-state index contributed by atoms with van der Waals surface area (Å²) in [6, 6.07) is 0. The molecule has 0 aromatic rings. The highest BCUT2D eigenvalue weighted by molar-refractivity contribution is 6.25. The molecular formula is C11H20N2O. The second-order valence-electron chi connectivity index (χ2n) is 3.58. The van der Waals surface area contributed by atoms with Gasteiger partial charge in [-0.2, -0.15) is 4.79 Å². The molecule has 0 aliphatic heterocycles. The van der Waals surface area contributed by atoms with Crippen molar-refractivity contribution < 1.29 is 9.58 Å². The maximum Gasteiger partial charge on any atom is 0.323 e. The molecule has 0 heterocycles. The lowest BCUT2D eigenvalue weighted by Gasteiger charge is -1.98. The predicted octanol–water partition coefficient (Wildman–Crippen LogP) is 3.00. The van der Waals surface area contributed by atoms with Crippen molar-refractivity contribution in [2.45, 2.75) is 58.3 Å².